The van der Waals surface area contributed by atoms with Crippen molar-refractivity contribution in [1.29, 1.82) is 0 Å². The Morgan fingerprint density at radius 3 is 2.29 bits per heavy atom. The molecule has 0 saturated heterocycles. The lowest BCUT2D eigenvalue weighted by Gasteiger charge is -2.29. The van der Waals surface area contributed by atoms with Gasteiger partial charge in [-0.3, -0.25) is 4.79 Å². The molecule has 0 bridgehead atoms. The minimum absolute atomic E-state index is 0.0415. The van der Waals surface area contributed by atoms with E-state index in [0.717, 1.165) is 0 Å². The van der Waals surface area contributed by atoms with E-state index in [9.17, 15) is 13.6 Å². The zero-order valence-corrected chi connectivity index (χ0v) is 8.65. The van der Waals surface area contributed by atoms with Crippen molar-refractivity contribution in [2.45, 2.75) is 51.5 Å². The van der Waals surface area contributed by atoms with Crippen LogP contribution < -0.4 is 5.32 Å². The third-order valence-electron chi connectivity index (χ3n) is 2.59. The first-order valence-corrected chi connectivity index (χ1v) is 5.09. The second-order valence-electron chi connectivity index (χ2n) is 4.29. The predicted octanol–water partition coefficient (Wildman–Crippen LogP) is 2.34. The molecule has 1 amide bonds. The summed E-state index contributed by atoms with van der Waals surface area (Å²) in [6, 6.07) is -0.0514. The van der Waals surface area contributed by atoms with Crippen molar-refractivity contribution in [2.24, 2.45) is 5.92 Å². The van der Waals surface area contributed by atoms with Gasteiger partial charge in [0.1, 0.15) is 0 Å². The first-order valence-electron chi connectivity index (χ1n) is 5.09. The van der Waals surface area contributed by atoms with Gasteiger partial charge in [0.2, 0.25) is 11.8 Å². The second kappa shape index (κ2) is 4.24. The Labute approximate surface area is 83.1 Å². The summed E-state index contributed by atoms with van der Waals surface area (Å²) in [5.74, 6) is -2.63. The topological polar surface area (TPSA) is 29.1 Å². The smallest absolute Gasteiger partial charge is 0.248 e. The van der Waals surface area contributed by atoms with Crippen LogP contribution in [-0.4, -0.2) is 17.9 Å². The Morgan fingerprint density at radius 1 is 1.36 bits per heavy atom. The van der Waals surface area contributed by atoms with Crippen molar-refractivity contribution in [3.63, 3.8) is 0 Å². The molecule has 0 aromatic heterocycles. The number of carbonyl (C=O) groups is 1. The van der Waals surface area contributed by atoms with Gasteiger partial charge in [0, 0.05) is 24.8 Å². The third-order valence-corrected chi connectivity index (χ3v) is 2.59. The average molecular weight is 205 g/mol. The highest BCUT2D eigenvalue weighted by molar-refractivity contribution is 5.78. The van der Waals surface area contributed by atoms with Crippen LogP contribution in [0.2, 0.25) is 0 Å². The molecule has 0 radical (unpaired) electrons. The number of amides is 1. The van der Waals surface area contributed by atoms with E-state index >= 15 is 0 Å². The molecule has 2 nitrogen and oxygen atoms in total. The van der Waals surface area contributed by atoms with Gasteiger partial charge in [-0.05, 0) is 12.8 Å². The SMILES string of the molecule is CC(C)C(=O)NC1CCC(F)(F)CC1. The molecule has 1 aliphatic carbocycles. The number of rotatable bonds is 2. The maximum absolute atomic E-state index is 12.8. The molecule has 0 aromatic carbocycles. The Morgan fingerprint density at radius 2 is 1.86 bits per heavy atom. The summed E-state index contributed by atoms with van der Waals surface area (Å²) < 4.78 is 25.5. The Hall–Kier alpha value is -0.670. The van der Waals surface area contributed by atoms with E-state index in [1.807, 2.05) is 0 Å². The van der Waals surface area contributed by atoms with Gasteiger partial charge in [-0.15, -0.1) is 0 Å². The number of halogens is 2. The minimum atomic E-state index is -2.51. The van der Waals surface area contributed by atoms with Crippen LogP contribution in [0.1, 0.15) is 39.5 Å². The molecule has 0 heterocycles. The largest absolute Gasteiger partial charge is 0.353 e. The van der Waals surface area contributed by atoms with Crippen LogP contribution in [0.15, 0.2) is 0 Å². The van der Waals surface area contributed by atoms with Crippen LogP contribution in [0.5, 0.6) is 0 Å². The van der Waals surface area contributed by atoms with E-state index in [1.165, 1.54) is 0 Å². The normalized spacial score (nSPS) is 22.4. The number of nitrogens with one attached hydrogen (secondary N) is 1. The van der Waals surface area contributed by atoms with E-state index in [-0.39, 0.29) is 30.7 Å². The van der Waals surface area contributed by atoms with Gasteiger partial charge in [0.05, 0.1) is 0 Å². The van der Waals surface area contributed by atoms with E-state index < -0.39 is 5.92 Å². The molecule has 82 valence electrons. The van der Waals surface area contributed by atoms with Crippen molar-refractivity contribution >= 4 is 5.91 Å². The maximum Gasteiger partial charge on any atom is 0.248 e. The summed E-state index contributed by atoms with van der Waals surface area (Å²) >= 11 is 0. The van der Waals surface area contributed by atoms with Gasteiger partial charge < -0.3 is 5.32 Å². The molecule has 1 fully saturated rings. The Balaban J connectivity index is 2.33. The summed E-state index contributed by atoms with van der Waals surface area (Å²) in [5.41, 5.74) is 0. The van der Waals surface area contributed by atoms with Crippen LogP contribution in [-0.2, 0) is 4.79 Å². The number of hydrogen-bond acceptors (Lipinski definition) is 1. The lowest BCUT2D eigenvalue weighted by molar-refractivity contribution is -0.125. The second-order valence-corrected chi connectivity index (χ2v) is 4.29. The van der Waals surface area contributed by atoms with Gasteiger partial charge in [-0.1, -0.05) is 13.8 Å². The molecular weight excluding hydrogens is 188 g/mol. The van der Waals surface area contributed by atoms with Gasteiger partial charge in [0.15, 0.2) is 0 Å². The molecule has 1 aliphatic rings. The predicted molar refractivity (Wildman–Crippen MR) is 50.2 cm³/mol. The van der Waals surface area contributed by atoms with Crippen molar-refractivity contribution in [3.05, 3.63) is 0 Å². The highest BCUT2D eigenvalue weighted by Gasteiger charge is 2.35. The Bertz CT molecular complexity index is 206. The lowest BCUT2D eigenvalue weighted by atomic mass is 9.92. The Kier molecular flexibility index (Phi) is 3.45. The molecule has 1 N–H and O–H groups in total. The highest BCUT2D eigenvalue weighted by atomic mass is 19.3. The minimum Gasteiger partial charge on any atom is -0.353 e. The molecular formula is C10H17F2NO. The van der Waals surface area contributed by atoms with Gasteiger partial charge in [0.25, 0.3) is 0 Å². The number of hydrogen-bond donors (Lipinski definition) is 1. The molecule has 0 atom stereocenters. The van der Waals surface area contributed by atoms with Crippen LogP contribution >= 0.6 is 0 Å². The fraction of sp³-hybridized carbons (Fsp3) is 0.900. The molecule has 1 saturated carbocycles. The molecule has 4 heteroatoms. The molecule has 1 rings (SSSR count). The van der Waals surface area contributed by atoms with Crippen molar-refractivity contribution < 1.29 is 13.6 Å². The fourth-order valence-electron chi connectivity index (χ4n) is 1.55. The van der Waals surface area contributed by atoms with E-state index in [0.29, 0.717) is 12.8 Å². The van der Waals surface area contributed by atoms with E-state index in [2.05, 4.69) is 5.32 Å². The average Bonchev–Trinajstić information content (AvgIpc) is 2.08. The summed E-state index contributed by atoms with van der Waals surface area (Å²) in [7, 11) is 0. The molecule has 14 heavy (non-hydrogen) atoms. The zero-order valence-electron chi connectivity index (χ0n) is 8.65. The van der Waals surface area contributed by atoms with Crippen molar-refractivity contribution in [2.75, 3.05) is 0 Å². The van der Waals surface area contributed by atoms with Gasteiger partial charge in [-0.2, -0.15) is 0 Å². The summed E-state index contributed by atoms with van der Waals surface area (Å²) in [4.78, 5) is 11.3. The van der Waals surface area contributed by atoms with E-state index in [1.54, 1.807) is 13.8 Å². The van der Waals surface area contributed by atoms with Gasteiger partial charge in [-0.25, -0.2) is 8.78 Å². The molecule has 0 unspecified atom stereocenters. The van der Waals surface area contributed by atoms with Gasteiger partial charge >= 0.3 is 0 Å². The number of alkyl halides is 2. The van der Waals surface area contributed by atoms with Crippen molar-refractivity contribution in [1.82, 2.24) is 5.32 Å². The first-order chi connectivity index (χ1) is 6.41. The number of carbonyl (C=O) groups excluding carboxylic acids is 1. The zero-order chi connectivity index (χ0) is 10.8. The monoisotopic (exact) mass is 205 g/mol. The third kappa shape index (κ3) is 3.24. The quantitative estimate of drug-likeness (QED) is 0.736. The van der Waals surface area contributed by atoms with Crippen LogP contribution in [0.3, 0.4) is 0 Å². The van der Waals surface area contributed by atoms with Crippen LogP contribution in [0, 0.1) is 5.92 Å². The summed E-state index contributed by atoms with van der Waals surface area (Å²) in [5, 5.41) is 2.78. The molecule has 0 aromatic rings. The fourth-order valence-corrected chi connectivity index (χ4v) is 1.55. The lowest BCUT2D eigenvalue weighted by Crippen LogP contribution is -2.41. The highest BCUT2D eigenvalue weighted by Crippen LogP contribution is 2.32. The van der Waals surface area contributed by atoms with Crippen LogP contribution in [0.25, 0.3) is 0 Å². The maximum atomic E-state index is 12.8. The van der Waals surface area contributed by atoms with Crippen molar-refractivity contribution in [3.8, 4) is 0 Å². The first kappa shape index (κ1) is 11.4. The van der Waals surface area contributed by atoms with E-state index in [4.69, 9.17) is 0 Å². The summed E-state index contributed by atoms with van der Waals surface area (Å²) in [6.07, 6.45) is 0.586. The summed E-state index contributed by atoms with van der Waals surface area (Å²) in [6.45, 7) is 3.60. The van der Waals surface area contributed by atoms with Crippen LogP contribution in [0.4, 0.5) is 8.78 Å². The molecule has 0 spiro atoms. The standard InChI is InChI=1S/C10H17F2NO/c1-7(2)9(14)13-8-3-5-10(11,12)6-4-8/h7-8H,3-6H2,1-2H3,(H,13,14). The molecule has 0 aliphatic heterocycles.